The first-order valence-corrected chi connectivity index (χ1v) is 10.3. The van der Waals surface area contributed by atoms with E-state index in [1.165, 1.54) is 6.20 Å². The van der Waals surface area contributed by atoms with Gasteiger partial charge >= 0.3 is 5.97 Å². The monoisotopic (exact) mass is 415 g/mol. The summed E-state index contributed by atoms with van der Waals surface area (Å²) in [7, 11) is 0. The molecule has 1 aromatic carbocycles. The topological polar surface area (TPSA) is 64.4 Å². The average Bonchev–Trinajstić information content (AvgIpc) is 3.09. The molecule has 0 spiro atoms. The van der Waals surface area contributed by atoms with Crippen molar-refractivity contribution in [3.63, 3.8) is 0 Å². The van der Waals surface area contributed by atoms with Crippen LogP contribution in [0.15, 0.2) is 30.5 Å². The fourth-order valence-electron chi connectivity index (χ4n) is 5.54. The van der Waals surface area contributed by atoms with Crippen LogP contribution in [0.3, 0.4) is 0 Å². The van der Waals surface area contributed by atoms with Crippen molar-refractivity contribution >= 4 is 17.6 Å². The molecule has 0 unspecified atom stereocenters. The van der Waals surface area contributed by atoms with Crippen LogP contribution in [-0.2, 0) is 17.7 Å². The van der Waals surface area contributed by atoms with Crippen LogP contribution in [0.2, 0.25) is 0 Å². The van der Waals surface area contributed by atoms with Crippen LogP contribution in [0.4, 0.5) is 14.5 Å². The summed E-state index contributed by atoms with van der Waals surface area (Å²) in [5.41, 5.74) is 1.60. The third kappa shape index (κ3) is 2.76. The molecule has 0 atom stereocenters. The Labute approximate surface area is 172 Å². The Bertz CT molecular complexity index is 995. The van der Waals surface area contributed by atoms with Gasteiger partial charge in [0.15, 0.2) is 0 Å². The largest absolute Gasteiger partial charge is 0.462 e. The van der Waals surface area contributed by atoms with Crippen molar-refractivity contribution in [1.82, 2.24) is 9.78 Å². The number of carbonyl (C=O) groups is 2. The number of ether oxygens (including phenoxy) is 1. The molecule has 1 amide bonds. The quantitative estimate of drug-likeness (QED) is 0.675. The Balaban J connectivity index is 1.30. The zero-order valence-electron chi connectivity index (χ0n) is 16.7. The lowest BCUT2D eigenvalue weighted by Gasteiger charge is -2.70. The summed E-state index contributed by atoms with van der Waals surface area (Å²) in [6.45, 7) is 2.88. The summed E-state index contributed by atoms with van der Waals surface area (Å²) in [4.78, 5) is 26.9. The Hall–Kier alpha value is -2.77. The minimum Gasteiger partial charge on any atom is -0.462 e. The van der Waals surface area contributed by atoms with E-state index in [0.717, 1.165) is 17.7 Å². The van der Waals surface area contributed by atoms with Gasteiger partial charge in [-0.25, -0.2) is 13.6 Å². The number of carbonyl (C=O) groups excluding carboxylic acids is 2. The first-order valence-electron chi connectivity index (χ1n) is 10.3. The standard InChI is InChI=1S/C22H23F2N3O3/c1-2-30-19(29)16-10-25-27-8-7-26(18(28)17(16)27)15-5-3-14(4-6-15)9-21-11-22(12-21,13-21)20(23)24/h3-6,10,20H,2,7-9,11-13H2,1H3. The molecule has 0 radical (unpaired) electrons. The van der Waals surface area contributed by atoms with E-state index in [1.54, 1.807) is 16.5 Å². The van der Waals surface area contributed by atoms with Gasteiger partial charge in [-0.2, -0.15) is 5.10 Å². The fraction of sp³-hybridized carbons (Fsp3) is 0.500. The summed E-state index contributed by atoms with van der Waals surface area (Å²) >= 11 is 0. The van der Waals surface area contributed by atoms with Crippen molar-refractivity contribution in [1.29, 1.82) is 0 Å². The molecule has 6 nitrogen and oxygen atoms in total. The lowest BCUT2D eigenvalue weighted by Crippen LogP contribution is -2.65. The van der Waals surface area contributed by atoms with Gasteiger partial charge in [0.2, 0.25) is 6.43 Å². The third-order valence-corrected chi connectivity index (χ3v) is 6.79. The number of aromatic nitrogens is 2. The number of esters is 1. The number of halogens is 2. The minimum absolute atomic E-state index is 0.0416. The van der Waals surface area contributed by atoms with Crippen molar-refractivity contribution in [2.45, 2.75) is 45.6 Å². The van der Waals surface area contributed by atoms with E-state index in [1.807, 2.05) is 24.3 Å². The van der Waals surface area contributed by atoms with Crippen molar-refractivity contribution < 1.29 is 23.1 Å². The summed E-state index contributed by atoms with van der Waals surface area (Å²) < 4.78 is 32.7. The molecule has 30 heavy (non-hydrogen) atoms. The lowest BCUT2D eigenvalue weighted by molar-refractivity contribution is -0.265. The maximum Gasteiger partial charge on any atom is 0.342 e. The van der Waals surface area contributed by atoms with Crippen LogP contribution in [-0.4, -0.2) is 41.2 Å². The summed E-state index contributed by atoms with van der Waals surface area (Å²) in [6, 6.07) is 7.71. The van der Waals surface area contributed by atoms with Gasteiger partial charge < -0.3 is 9.64 Å². The smallest absolute Gasteiger partial charge is 0.342 e. The number of hydrogen-bond acceptors (Lipinski definition) is 4. The Kier molecular flexibility index (Phi) is 4.24. The normalized spacial score (nSPS) is 26.8. The molecule has 3 saturated carbocycles. The molecule has 6 rings (SSSR count). The van der Waals surface area contributed by atoms with E-state index in [0.29, 0.717) is 32.4 Å². The molecule has 0 saturated heterocycles. The zero-order valence-corrected chi connectivity index (χ0v) is 16.7. The summed E-state index contributed by atoms with van der Waals surface area (Å²) in [5.74, 6) is -0.836. The molecule has 2 aromatic rings. The molecule has 3 fully saturated rings. The van der Waals surface area contributed by atoms with Crippen LogP contribution in [0, 0.1) is 10.8 Å². The number of hydrogen-bond donors (Lipinski definition) is 0. The molecule has 8 heteroatoms. The van der Waals surface area contributed by atoms with Crippen LogP contribution in [0.5, 0.6) is 0 Å². The van der Waals surface area contributed by atoms with Crippen molar-refractivity contribution in [2.24, 2.45) is 10.8 Å². The molecule has 0 N–H and O–H groups in total. The van der Waals surface area contributed by atoms with Gasteiger partial charge in [-0.05, 0) is 55.7 Å². The lowest BCUT2D eigenvalue weighted by atomic mass is 9.34. The highest BCUT2D eigenvalue weighted by Crippen LogP contribution is 2.76. The molecule has 3 aliphatic carbocycles. The Morgan fingerprint density at radius 1 is 1.20 bits per heavy atom. The maximum absolute atomic E-state index is 13.1. The second-order valence-electron chi connectivity index (χ2n) is 8.84. The van der Waals surface area contributed by atoms with Crippen molar-refractivity contribution in [3.05, 3.63) is 47.3 Å². The van der Waals surface area contributed by atoms with Gasteiger partial charge in [-0.3, -0.25) is 9.48 Å². The molecule has 1 aromatic heterocycles. The van der Waals surface area contributed by atoms with Gasteiger partial charge in [0.25, 0.3) is 5.91 Å². The Morgan fingerprint density at radius 2 is 1.90 bits per heavy atom. The van der Waals surface area contributed by atoms with Crippen LogP contribution in [0.1, 0.15) is 52.6 Å². The molecule has 2 bridgehead atoms. The summed E-state index contributed by atoms with van der Waals surface area (Å²) in [6.07, 6.45) is 1.82. The first-order chi connectivity index (χ1) is 14.4. The van der Waals surface area contributed by atoms with E-state index >= 15 is 0 Å². The van der Waals surface area contributed by atoms with Crippen molar-refractivity contribution in [2.75, 3.05) is 18.1 Å². The molecular formula is C22H23F2N3O3. The van der Waals surface area contributed by atoms with Gasteiger partial charge in [-0.15, -0.1) is 0 Å². The number of nitrogens with zero attached hydrogens (tertiary/aromatic N) is 3. The number of anilines is 1. The number of benzene rings is 1. The molecular weight excluding hydrogens is 392 g/mol. The predicted molar refractivity (Wildman–Crippen MR) is 105 cm³/mol. The molecule has 1 aliphatic heterocycles. The highest BCUT2D eigenvalue weighted by atomic mass is 19.3. The second kappa shape index (κ2) is 6.62. The van der Waals surface area contributed by atoms with Gasteiger partial charge in [0.1, 0.15) is 11.3 Å². The van der Waals surface area contributed by atoms with Crippen molar-refractivity contribution in [3.8, 4) is 0 Å². The zero-order chi connectivity index (χ0) is 21.1. The highest BCUT2D eigenvalue weighted by Gasteiger charge is 2.71. The number of alkyl halides is 2. The number of fused-ring (bicyclic) bond motifs is 1. The van der Waals surface area contributed by atoms with Crippen LogP contribution < -0.4 is 4.90 Å². The summed E-state index contributed by atoms with van der Waals surface area (Å²) in [5, 5.41) is 4.15. The minimum atomic E-state index is -2.21. The second-order valence-corrected chi connectivity index (χ2v) is 8.84. The van der Waals surface area contributed by atoms with Gasteiger partial charge in [0, 0.05) is 17.6 Å². The van der Waals surface area contributed by atoms with E-state index in [4.69, 9.17) is 4.74 Å². The predicted octanol–water partition coefficient (Wildman–Crippen LogP) is 3.70. The fourth-order valence-corrected chi connectivity index (χ4v) is 5.54. The maximum atomic E-state index is 13.1. The van der Waals surface area contributed by atoms with Gasteiger partial charge in [0.05, 0.1) is 19.3 Å². The highest BCUT2D eigenvalue weighted by molar-refractivity contribution is 6.11. The van der Waals surface area contributed by atoms with E-state index in [2.05, 4.69) is 5.10 Å². The van der Waals surface area contributed by atoms with Crippen LogP contribution in [0.25, 0.3) is 0 Å². The Morgan fingerprint density at radius 3 is 2.53 bits per heavy atom. The van der Waals surface area contributed by atoms with E-state index in [9.17, 15) is 18.4 Å². The van der Waals surface area contributed by atoms with E-state index < -0.39 is 17.8 Å². The molecule has 4 aliphatic rings. The third-order valence-electron chi connectivity index (χ3n) is 6.79. The SMILES string of the molecule is CCOC(=O)c1cnn2c1C(=O)N(c1ccc(CC34CC(C(F)F)(C3)C4)cc1)CC2. The molecule has 2 heterocycles. The molecule has 158 valence electrons. The number of rotatable bonds is 6. The first kappa shape index (κ1) is 19.2. The number of amides is 1. The average molecular weight is 415 g/mol. The van der Waals surface area contributed by atoms with Crippen LogP contribution >= 0.6 is 0 Å². The van der Waals surface area contributed by atoms with E-state index in [-0.39, 0.29) is 29.2 Å². The van der Waals surface area contributed by atoms with Gasteiger partial charge in [-0.1, -0.05) is 12.1 Å².